The lowest BCUT2D eigenvalue weighted by Gasteiger charge is -2.24. The van der Waals surface area contributed by atoms with Gasteiger partial charge in [0.2, 0.25) is 0 Å². The van der Waals surface area contributed by atoms with Gasteiger partial charge in [-0.1, -0.05) is 127 Å². The van der Waals surface area contributed by atoms with Crippen molar-refractivity contribution in [1.82, 2.24) is 0 Å². The zero-order valence-corrected chi connectivity index (χ0v) is 20.9. The average molecular weight is 487 g/mol. The summed E-state index contributed by atoms with van der Waals surface area (Å²) in [5.74, 6) is 0. The lowest BCUT2D eigenvalue weighted by Crippen LogP contribution is -2.02. The summed E-state index contributed by atoms with van der Waals surface area (Å²) in [6.07, 6.45) is 0. The molecule has 6 aromatic rings. The average Bonchev–Trinajstić information content (AvgIpc) is 2.98. The van der Waals surface area contributed by atoms with Crippen LogP contribution in [0.3, 0.4) is 0 Å². The molecule has 2 nitrogen and oxygen atoms in total. The van der Waals surface area contributed by atoms with E-state index in [1.165, 1.54) is 27.8 Å². The van der Waals surface area contributed by atoms with Gasteiger partial charge < -0.3 is 11.5 Å². The fourth-order valence-electron chi connectivity index (χ4n) is 5.90. The SMILES string of the molecule is Nc1ccc2c(c1N)-c1ccccc1-c1ccccc1-c1ccccc1-c1ccccc1-c1ccccc1-2. The summed E-state index contributed by atoms with van der Waals surface area (Å²) < 4.78 is 0. The normalized spacial score (nSPS) is 11.4. The predicted octanol–water partition coefficient (Wildman–Crippen LogP) is 9.17. The molecule has 0 unspecified atom stereocenters. The molecule has 0 atom stereocenters. The smallest absolute Gasteiger partial charge is 0.0633 e. The first-order valence-corrected chi connectivity index (χ1v) is 12.9. The maximum absolute atomic E-state index is 6.82. The summed E-state index contributed by atoms with van der Waals surface area (Å²) in [4.78, 5) is 0. The number of rotatable bonds is 0. The molecule has 0 amide bonds. The fraction of sp³-hybridized carbons (Fsp3) is 0. The van der Waals surface area contributed by atoms with Gasteiger partial charge in [-0.05, 0) is 67.3 Å². The van der Waals surface area contributed by atoms with Crippen molar-refractivity contribution in [2.45, 2.75) is 0 Å². The van der Waals surface area contributed by atoms with Crippen LogP contribution in [0.15, 0.2) is 133 Å². The fourth-order valence-corrected chi connectivity index (χ4v) is 5.90. The van der Waals surface area contributed by atoms with Crippen molar-refractivity contribution >= 4 is 11.4 Å². The zero-order chi connectivity index (χ0) is 25.6. The van der Waals surface area contributed by atoms with Gasteiger partial charge in [0.25, 0.3) is 0 Å². The number of hydrogen-bond acceptors (Lipinski definition) is 2. The zero-order valence-electron chi connectivity index (χ0n) is 20.9. The van der Waals surface area contributed by atoms with Crippen molar-refractivity contribution in [2.24, 2.45) is 0 Å². The Morgan fingerprint density at radius 1 is 0.263 bits per heavy atom. The molecule has 7 rings (SSSR count). The van der Waals surface area contributed by atoms with Crippen LogP contribution in [0.2, 0.25) is 0 Å². The maximum Gasteiger partial charge on any atom is 0.0633 e. The minimum Gasteiger partial charge on any atom is -0.397 e. The van der Waals surface area contributed by atoms with Gasteiger partial charge in [0, 0.05) is 5.56 Å². The van der Waals surface area contributed by atoms with Crippen LogP contribution >= 0.6 is 0 Å². The molecule has 0 bridgehead atoms. The monoisotopic (exact) mass is 486 g/mol. The number of nitrogens with two attached hydrogens (primary N) is 2. The molecule has 0 spiro atoms. The van der Waals surface area contributed by atoms with Gasteiger partial charge in [-0.2, -0.15) is 0 Å². The Morgan fingerprint density at radius 3 is 0.868 bits per heavy atom. The third-order valence-corrected chi connectivity index (χ3v) is 7.63. The van der Waals surface area contributed by atoms with Crippen molar-refractivity contribution in [3.8, 4) is 66.8 Å². The highest BCUT2D eigenvalue weighted by Crippen LogP contribution is 2.50. The largest absolute Gasteiger partial charge is 0.397 e. The lowest BCUT2D eigenvalue weighted by atomic mass is 9.80. The topological polar surface area (TPSA) is 52.0 Å². The van der Waals surface area contributed by atoms with Gasteiger partial charge in [0.05, 0.1) is 11.4 Å². The Kier molecular flexibility index (Phi) is 5.12. The van der Waals surface area contributed by atoms with Crippen LogP contribution in [0, 0.1) is 0 Å². The van der Waals surface area contributed by atoms with Crippen molar-refractivity contribution in [3.63, 3.8) is 0 Å². The summed E-state index contributed by atoms with van der Waals surface area (Å²) in [6.45, 7) is 0. The molecule has 0 aromatic heterocycles. The molecule has 1 aliphatic carbocycles. The van der Waals surface area contributed by atoms with Gasteiger partial charge in [0.1, 0.15) is 0 Å². The second-order valence-electron chi connectivity index (χ2n) is 9.72. The van der Waals surface area contributed by atoms with E-state index < -0.39 is 0 Å². The third kappa shape index (κ3) is 3.35. The molecule has 6 aromatic carbocycles. The number of hydrogen-bond donors (Lipinski definition) is 2. The number of fused-ring (bicyclic) bond motifs is 12. The van der Waals surface area contributed by atoms with Gasteiger partial charge in [-0.15, -0.1) is 0 Å². The highest BCUT2D eigenvalue weighted by molar-refractivity contribution is 6.07. The van der Waals surface area contributed by atoms with E-state index in [-0.39, 0.29) is 0 Å². The third-order valence-electron chi connectivity index (χ3n) is 7.63. The van der Waals surface area contributed by atoms with E-state index in [1.807, 2.05) is 6.07 Å². The van der Waals surface area contributed by atoms with Crippen molar-refractivity contribution < 1.29 is 0 Å². The van der Waals surface area contributed by atoms with Crippen molar-refractivity contribution in [1.29, 1.82) is 0 Å². The first kappa shape index (κ1) is 22.1. The standard InChI is InChI=1S/C36H26N2/c37-34-22-21-33-31-19-8-7-17-29(31)27-15-4-3-13-25(27)23-11-1-2-12-24(23)26-14-5-6-16-28(26)30-18-9-10-20-32(30)35(33)36(34)38/h1-22H,37-38H2. The molecule has 0 fully saturated rings. The number of nitrogen functional groups attached to an aromatic ring is 2. The lowest BCUT2D eigenvalue weighted by molar-refractivity contribution is 1.52. The van der Waals surface area contributed by atoms with E-state index in [9.17, 15) is 0 Å². The van der Waals surface area contributed by atoms with Crippen LogP contribution in [-0.4, -0.2) is 0 Å². The minimum atomic E-state index is 0.585. The number of anilines is 2. The Hall–Kier alpha value is -5.08. The van der Waals surface area contributed by atoms with Crippen LogP contribution in [0.4, 0.5) is 11.4 Å². The van der Waals surface area contributed by atoms with E-state index in [0.717, 1.165) is 38.9 Å². The molecule has 0 radical (unpaired) electrons. The molecule has 38 heavy (non-hydrogen) atoms. The molecule has 180 valence electrons. The Labute approximate surface area is 222 Å². The summed E-state index contributed by atoms with van der Waals surface area (Å²) in [5.41, 5.74) is 28.1. The van der Waals surface area contributed by atoms with E-state index >= 15 is 0 Å². The molecule has 0 saturated heterocycles. The van der Waals surface area contributed by atoms with E-state index in [0.29, 0.717) is 11.4 Å². The summed E-state index contributed by atoms with van der Waals surface area (Å²) in [7, 11) is 0. The van der Waals surface area contributed by atoms with Crippen molar-refractivity contribution in [3.05, 3.63) is 133 Å². The van der Waals surface area contributed by atoms with Crippen LogP contribution in [-0.2, 0) is 0 Å². The molecular weight excluding hydrogens is 460 g/mol. The number of benzene rings is 6. The summed E-state index contributed by atoms with van der Waals surface area (Å²) in [6, 6.07) is 47.2. The summed E-state index contributed by atoms with van der Waals surface area (Å²) in [5, 5.41) is 0. The highest BCUT2D eigenvalue weighted by atomic mass is 14.7. The van der Waals surface area contributed by atoms with Crippen molar-refractivity contribution in [2.75, 3.05) is 11.5 Å². The summed E-state index contributed by atoms with van der Waals surface area (Å²) >= 11 is 0. The quantitative estimate of drug-likeness (QED) is 0.210. The Bertz CT molecular complexity index is 1840. The molecule has 0 saturated carbocycles. The Morgan fingerprint density at radius 2 is 0.526 bits per heavy atom. The molecule has 1 aliphatic rings. The second-order valence-corrected chi connectivity index (χ2v) is 9.72. The minimum absolute atomic E-state index is 0.585. The van der Waals surface area contributed by atoms with E-state index in [4.69, 9.17) is 11.5 Å². The first-order valence-electron chi connectivity index (χ1n) is 12.9. The molecule has 0 aliphatic heterocycles. The molecular formula is C36H26N2. The van der Waals surface area contributed by atoms with Gasteiger partial charge in [-0.3, -0.25) is 0 Å². The van der Waals surface area contributed by atoms with E-state index in [1.54, 1.807) is 0 Å². The van der Waals surface area contributed by atoms with Crippen LogP contribution < -0.4 is 11.5 Å². The Balaban J connectivity index is 1.73. The highest BCUT2D eigenvalue weighted by Gasteiger charge is 2.23. The molecule has 2 heteroatoms. The van der Waals surface area contributed by atoms with Gasteiger partial charge in [0.15, 0.2) is 0 Å². The first-order chi connectivity index (χ1) is 18.7. The molecule has 0 heterocycles. The van der Waals surface area contributed by atoms with E-state index in [2.05, 4.69) is 127 Å². The second kappa shape index (κ2) is 8.79. The van der Waals surface area contributed by atoms with Gasteiger partial charge >= 0.3 is 0 Å². The van der Waals surface area contributed by atoms with Crippen LogP contribution in [0.5, 0.6) is 0 Å². The molecule has 4 N–H and O–H groups in total. The van der Waals surface area contributed by atoms with Crippen LogP contribution in [0.1, 0.15) is 0 Å². The predicted molar refractivity (Wildman–Crippen MR) is 161 cm³/mol. The van der Waals surface area contributed by atoms with Gasteiger partial charge in [-0.25, -0.2) is 0 Å². The maximum atomic E-state index is 6.82. The van der Waals surface area contributed by atoms with Crippen LogP contribution in [0.25, 0.3) is 66.8 Å².